The van der Waals surface area contributed by atoms with Gasteiger partial charge in [-0.2, -0.15) is 0 Å². The number of ether oxygens (including phenoxy) is 1. The molecule has 0 aliphatic rings. The molecule has 0 saturated carbocycles. The number of pyridine rings is 1. The number of nitrogens with zero attached hydrogens (tertiary/aromatic N) is 2. The van der Waals surface area contributed by atoms with Gasteiger partial charge in [0.15, 0.2) is 0 Å². The fourth-order valence-corrected chi connectivity index (χ4v) is 3.51. The highest BCUT2D eigenvalue weighted by atomic mass is 35.5. The molecule has 5 nitrogen and oxygen atoms in total. The number of rotatable bonds is 6. The zero-order chi connectivity index (χ0) is 18.7. The van der Waals surface area contributed by atoms with E-state index in [2.05, 4.69) is 4.90 Å². The molecule has 0 atom stereocenters. The summed E-state index contributed by atoms with van der Waals surface area (Å²) < 4.78 is 7.75. The van der Waals surface area contributed by atoms with Crippen LogP contribution in [-0.2, 0) is 13.2 Å². The second-order valence-corrected chi connectivity index (χ2v) is 6.88. The minimum Gasteiger partial charge on any atom is -0.496 e. The van der Waals surface area contributed by atoms with Gasteiger partial charge < -0.3 is 15.0 Å². The number of benzene rings is 1. The van der Waals surface area contributed by atoms with Gasteiger partial charge in [0.05, 0.1) is 19.3 Å². The Balaban J connectivity index is 2.31. The Morgan fingerprint density at radius 2 is 2.04 bits per heavy atom. The summed E-state index contributed by atoms with van der Waals surface area (Å²) in [6.07, 6.45) is 0. The topological polar surface area (TPSA) is 60.5 Å². The normalized spacial score (nSPS) is 11.0. The maximum Gasteiger partial charge on any atom is 0.251 e. The summed E-state index contributed by atoms with van der Waals surface area (Å²) in [6, 6.07) is 7.44. The molecule has 2 rings (SSSR count). The standard InChI is InChI=1S/C18H22ClN3O2S/c1-11-7-12(2)22(18(25)16(11)17(20)23)10-21(3)9-13-8-14(19)5-6-15(13)24-4/h5-8H,9-10H2,1-4H3,(H2,20,23). The molecule has 0 spiro atoms. The molecule has 0 bridgehead atoms. The van der Waals surface area contributed by atoms with E-state index in [1.807, 2.05) is 43.7 Å². The van der Waals surface area contributed by atoms with Crippen LogP contribution in [0.3, 0.4) is 0 Å². The fraction of sp³-hybridized carbons (Fsp3) is 0.333. The SMILES string of the molecule is COc1ccc(Cl)cc1CN(C)Cn1c(C)cc(C)c(C(N)=O)c1=S. The summed E-state index contributed by atoms with van der Waals surface area (Å²) in [5.74, 6) is 0.272. The molecule has 134 valence electrons. The van der Waals surface area contributed by atoms with Crippen LogP contribution in [0.25, 0.3) is 0 Å². The van der Waals surface area contributed by atoms with Gasteiger partial charge in [0.25, 0.3) is 5.91 Å². The number of amides is 1. The van der Waals surface area contributed by atoms with Crippen LogP contribution in [0.5, 0.6) is 5.75 Å². The lowest BCUT2D eigenvalue weighted by atomic mass is 10.1. The number of methoxy groups -OCH3 is 1. The molecule has 7 heteroatoms. The first-order valence-electron chi connectivity index (χ1n) is 7.76. The number of nitrogens with two attached hydrogens (primary N) is 1. The van der Waals surface area contributed by atoms with Gasteiger partial charge in [-0.05, 0) is 50.7 Å². The Kier molecular flexibility index (Phi) is 6.21. The van der Waals surface area contributed by atoms with Crippen LogP contribution >= 0.6 is 23.8 Å². The number of hydrogen-bond acceptors (Lipinski definition) is 4. The molecule has 0 radical (unpaired) electrons. The lowest BCUT2D eigenvalue weighted by molar-refractivity contribution is 0.0998. The van der Waals surface area contributed by atoms with Crippen molar-refractivity contribution in [3.8, 4) is 5.75 Å². The third-order valence-electron chi connectivity index (χ3n) is 4.02. The number of primary amides is 1. The van der Waals surface area contributed by atoms with Crippen molar-refractivity contribution in [2.45, 2.75) is 27.1 Å². The molecule has 1 aromatic carbocycles. The summed E-state index contributed by atoms with van der Waals surface area (Å²) in [4.78, 5) is 13.8. The number of halogens is 1. The predicted molar refractivity (Wildman–Crippen MR) is 103 cm³/mol. The summed E-state index contributed by atoms with van der Waals surface area (Å²) in [5, 5.41) is 0.656. The van der Waals surface area contributed by atoms with Crippen LogP contribution < -0.4 is 10.5 Å². The Morgan fingerprint density at radius 3 is 2.64 bits per heavy atom. The molecule has 1 amide bonds. The van der Waals surface area contributed by atoms with Crippen LogP contribution in [0.1, 0.15) is 27.2 Å². The minimum absolute atomic E-state index is 0.398. The first-order chi connectivity index (χ1) is 11.7. The Bertz CT molecular complexity index is 864. The highest BCUT2D eigenvalue weighted by Crippen LogP contribution is 2.24. The van der Waals surface area contributed by atoms with E-state index in [1.54, 1.807) is 13.2 Å². The Hall–Kier alpha value is -1.89. The van der Waals surface area contributed by atoms with Crippen molar-refractivity contribution in [1.29, 1.82) is 0 Å². The third kappa shape index (κ3) is 4.39. The highest BCUT2D eigenvalue weighted by Gasteiger charge is 2.14. The largest absolute Gasteiger partial charge is 0.496 e. The van der Waals surface area contributed by atoms with E-state index >= 15 is 0 Å². The maximum absolute atomic E-state index is 11.7. The lowest BCUT2D eigenvalue weighted by Crippen LogP contribution is -2.26. The predicted octanol–water partition coefficient (Wildman–Crippen LogP) is 3.68. The van der Waals surface area contributed by atoms with E-state index in [1.165, 1.54) is 0 Å². The third-order valence-corrected chi connectivity index (χ3v) is 4.68. The van der Waals surface area contributed by atoms with Gasteiger partial charge in [-0.15, -0.1) is 0 Å². The summed E-state index contributed by atoms with van der Waals surface area (Å²) in [6.45, 7) is 4.93. The molecule has 1 aromatic heterocycles. The van der Waals surface area contributed by atoms with Crippen molar-refractivity contribution < 1.29 is 9.53 Å². The van der Waals surface area contributed by atoms with Crippen LogP contribution in [-0.4, -0.2) is 29.5 Å². The van der Waals surface area contributed by atoms with E-state index in [4.69, 9.17) is 34.3 Å². The molecule has 2 aromatic rings. The quantitative estimate of drug-likeness (QED) is 0.777. The second-order valence-electron chi connectivity index (χ2n) is 6.05. The van der Waals surface area contributed by atoms with Gasteiger partial charge in [0.2, 0.25) is 0 Å². The average molecular weight is 380 g/mol. The maximum atomic E-state index is 11.7. The van der Waals surface area contributed by atoms with Crippen molar-refractivity contribution in [3.05, 3.63) is 56.3 Å². The van der Waals surface area contributed by atoms with Crippen molar-refractivity contribution in [2.75, 3.05) is 14.2 Å². The molecular formula is C18H22ClN3O2S. The first kappa shape index (κ1) is 19.4. The average Bonchev–Trinajstić information content (AvgIpc) is 2.51. The molecule has 2 N–H and O–H groups in total. The lowest BCUT2D eigenvalue weighted by Gasteiger charge is -2.23. The second kappa shape index (κ2) is 7.99. The van der Waals surface area contributed by atoms with Gasteiger partial charge in [-0.25, -0.2) is 0 Å². The zero-order valence-corrected chi connectivity index (χ0v) is 16.4. The molecule has 0 aliphatic heterocycles. The van der Waals surface area contributed by atoms with Crippen molar-refractivity contribution >= 4 is 29.7 Å². The van der Waals surface area contributed by atoms with Gasteiger partial charge >= 0.3 is 0 Å². The molecule has 25 heavy (non-hydrogen) atoms. The molecular weight excluding hydrogens is 358 g/mol. The van der Waals surface area contributed by atoms with E-state index < -0.39 is 5.91 Å². The fourth-order valence-electron chi connectivity index (χ4n) is 2.86. The van der Waals surface area contributed by atoms with Crippen LogP contribution in [0.4, 0.5) is 0 Å². The molecule has 0 aliphatic carbocycles. The van der Waals surface area contributed by atoms with Crippen LogP contribution in [0.15, 0.2) is 24.3 Å². The molecule has 1 heterocycles. The van der Waals surface area contributed by atoms with Crippen molar-refractivity contribution in [1.82, 2.24) is 9.47 Å². The number of aryl methyl sites for hydroxylation is 2. The van der Waals surface area contributed by atoms with E-state index in [-0.39, 0.29) is 0 Å². The van der Waals surface area contributed by atoms with Crippen molar-refractivity contribution in [3.63, 3.8) is 0 Å². The van der Waals surface area contributed by atoms with Gasteiger partial charge in [0, 0.05) is 22.8 Å². The van der Waals surface area contributed by atoms with Gasteiger partial charge in [-0.1, -0.05) is 23.8 Å². The summed E-state index contributed by atoms with van der Waals surface area (Å²) >= 11 is 11.6. The Morgan fingerprint density at radius 1 is 1.36 bits per heavy atom. The highest BCUT2D eigenvalue weighted by molar-refractivity contribution is 7.71. The minimum atomic E-state index is -0.504. The number of aromatic nitrogens is 1. The number of carbonyl (C=O) groups excluding carboxylic acids is 1. The summed E-state index contributed by atoms with van der Waals surface area (Å²) in [5.41, 5.74) is 8.62. The van der Waals surface area contributed by atoms with E-state index in [0.29, 0.717) is 28.4 Å². The van der Waals surface area contributed by atoms with Gasteiger partial charge in [-0.3, -0.25) is 9.69 Å². The molecule has 0 unspecified atom stereocenters. The number of hydrogen-bond donors (Lipinski definition) is 1. The monoisotopic (exact) mass is 379 g/mol. The van der Waals surface area contributed by atoms with Gasteiger partial charge in [0.1, 0.15) is 10.4 Å². The van der Waals surface area contributed by atoms with E-state index in [0.717, 1.165) is 22.6 Å². The first-order valence-corrected chi connectivity index (χ1v) is 8.55. The summed E-state index contributed by atoms with van der Waals surface area (Å²) in [7, 11) is 3.59. The smallest absolute Gasteiger partial charge is 0.251 e. The van der Waals surface area contributed by atoms with Crippen LogP contribution in [0.2, 0.25) is 5.02 Å². The van der Waals surface area contributed by atoms with E-state index in [9.17, 15) is 4.79 Å². The molecule has 0 saturated heterocycles. The molecule has 0 fully saturated rings. The zero-order valence-electron chi connectivity index (χ0n) is 14.8. The van der Waals surface area contributed by atoms with Crippen LogP contribution in [0, 0.1) is 18.5 Å². The number of carbonyl (C=O) groups is 1. The Labute approximate surface area is 158 Å². The van der Waals surface area contributed by atoms with Crippen molar-refractivity contribution in [2.24, 2.45) is 5.73 Å².